The minimum absolute atomic E-state index is 0.146. The van der Waals surface area contributed by atoms with E-state index in [4.69, 9.17) is 16.1 Å². The van der Waals surface area contributed by atoms with Crippen molar-refractivity contribution in [1.82, 2.24) is 24.4 Å². The normalized spacial score (nSPS) is 11.2. The van der Waals surface area contributed by atoms with Crippen LogP contribution in [0.1, 0.15) is 22.2 Å². The first-order valence-electron chi connectivity index (χ1n) is 7.78. The number of aromatic nitrogens is 4. The van der Waals surface area contributed by atoms with Crippen LogP contribution in [0.25, 0.3) is 16.2 Å². The molecule has 0 N–H and O–H groups in total. The number of rotatable bonds is 4. The lowest BCUT2D eigenvalue weighted by Crippen LogP contribution is -2.27. The van der Waals surface area contributed by atoms with Gasteiger partial charge in [0.05, 0.1) is 5.69 Å². The van der Waals surface area contributed by atoms with Gasteiger partial charge in [-0.25, -0.2) is 4.98 Å². The fraction of sp³-hybridized carbons (Fsp3) is 0.176. The molecule has 9 heteroatoms. The quantitative estimate of drug-likeness (QED) is 0.533. The summed E-state index contributed by atoms with van der Waals surface area (Å²) in [6, 6.07) is 7.44. The van der Waals surface area contributed by atoms with Crippen molar-refractivity contribution in [3.05, 3.63) is 58.3 Å². The molecule has 0 aliphatic heterocycles. The van der Waals surface area contributed by atoms with Crippen LogP contribution in [0.2, 0.25) is 5.02 Å². The van der Waals surface area contributed by atoms with E-state index in [-0.39, 0.29) is 12.5 Å². The van der Waals surface area contributed by atoms with Crippen molar-refractivity contribution in [2.24, 2.45) is 0 Å². The summed E-state index contributed by atoms with van der Waals surface area (Å²) in [4.78, 5) is 23.8. The van der Waals surface area contributed by atoms with E-state index >= 15 is 0 Å². The van der Waals surface area contributed by atoms with Crippen LogP contribution in [0, 0.1) is 6.92 Å². The van der Waals surface area contributed by atoms with Gasteiger partial charge >= 0.3 is 0 Å². The zero-order valence-corrected chi connectivity index (χ0v) is 15.6. The molecule has 4 aromatic rings. The number of carbonyl (C=O) groups is 1. The van der Waals surface area contributed by atoms with Crippen LogP contribution in [0.3, 0.4) is 0 Å². The number of aryl methyl sites for hydroxylation is 1. The van der Waals surface area contributed by atoms with E-state index in [1.165, 1.54) is 16.2 Å². The maximum atomic E-state index is 12.8. The summed E-state index contributed by atoms with van der Waals surface area (Å²) < 4.78 is 6.88. The summed E-state index contributed by atoms with van der Waals surface area (Å²) in [7, 11) is 1.70. The Hall–Kier alpha value is -2.71. The summed E-state index contributed by atoms with van der Waals surface area (Å²) in [5, 5.41) is 6.21. The van der Waals surface area contributed by atoms with E-state index in [1.54, 1.807) is 23.8 Å². The van der Waals surface area contributed by atoms with Crippen LogP contribution in [-0.4, -0.2) is 37.4 Å². The third-order valence-corrected chi connectivity index (χ3v) is 4.95. The minimum atomic E-state index is -0.146. The number of hydrogen-bond acceptors (Lipinski definition) is 6. The summed E-state index contributed by atoms with van der Waals surface area (Å²) in [5.74, 6) is 0.797. The molecule has 1 aromatic carbocycles. The van der Waals surface area contributed by atoms with Gasteiger partial charge in [0.2, 0.25) is 5.89 Å². The average molecular weight is 388 g/mol. The first-order valence-corrected chi connectivity index (χ1v) is 9.04. The molecule has 0 atom stereocenters. The molecular formula is C17H14ClN5O2S. The number of carbonyl (C=O) groups excluding carboxylic acids is 1. The largest absolute Gasteiger partial charge is 0.337 e. The Morgan fingerprint density at radius 2 is 2.08 bits per heavy atom. The molecule has 4 rings (SSSR count). The van der Waals surface area contributed by atoms with Gasteiger partial charge in [0.15, 0.2) is 10.8 Å². The smallest absolute Gasteiger partial charge is 0.271 e. The number of amides is 1. The lowest BCUT2D eigenvalue weighted by Gasteiger charge is -2.13. The van der Waals surface area contributed by atoms with Crippen molar-refractivity contribution in [3.8, 4) is 11.3 Å². The van der Waals surface area contributed by atoms with Gasteiger partial charge in [-0.2, -0.15) is 4.98 Å². The molecule has 3 aromatic heterocycles. The van der Waals surface area contributed by atoms with E-state index in [0.717, 1.165) is 16.2 Å². The molecule has 0 aliphatic rings. The van der Waals surface area contributed by atoms with Gasteiger partial charge < -0.3 is 9.42 Å². The zero-order chi connectivity index (χ0) is 18.3. The van der Waals surface area contributed by atoms with Crippen LogP contribution in [0.5, 0.6) is 0 Å². The van der Waals surface area contributed by atoms with E-state index in [9.17, 15) is 4.79 Å². The third kappa shape index (κ3) is 3.09. The van der Waals surface area contributed by atoms with Gasteiger partial charge in [-0.1, -0.05) is 28.9 Å². The van der Waals surface area contributed by atoms with Gasteiger partial charge in [-0.05, 0) is 19.1 Å². The number of benzene rings is 1. The Balaban J connectivity index is 1.61. The summed E-state index contributed by atoms with van der Waals surface area (Å²) in [5.41, 5.74) is 2.27. The maximum absolute atomic E-state index is 12.8. The first-order chi connectivity index (χ1) is 12.5. The first kappa shape index (κ1) is 16.7. The van der Waals surface area contributed by atoms with Crippen molar-refractivity contribution >= 4 is 33.8 Å². The van der Waals surface area contributed by atoms with Crippen LogP contribution in [0.15, 0.2) is 40.4 Å². The summed E-state index contributed by atoms with van der Waals surface area (Å²) >= 11 is 7.35. The SMILES string of the molecule is Cc1noc(CN(C)C(=O)c2csc3nc(-c4ccc(Cl)cc4)cn23)n1. The number of thiazole rings is 1. The molecule has 0 bridgehead atoms. The van der Waals surface area contributed by atoms with Crippen LogP contribution in [-0.2, 0) is 6.54 Å². The topological polar surface area (TPSA) is 76.5 Å². The van der Waals surface area contributed by atoms with Crippen LogP contribution >= 0.6 is 22.9 Å². The van der Waals surface area contributed by atoms with Crippen LogP contribution < -0.4 is 0 Å². The molecule has 0 aliphatic carbocycles. The molecule has 0 saturated heterocycles. The minimum Gasteiger partial charge on any atom is -0.337 e. The maximum Gasteiger partial charge on any atom is 0.271 e. The highest BCUT2D eigenvalue weighted by Gasteiger charge is 2.20. The predicted molar refractivity (Wildman–Crippen MR) is 98.3 cm³/mol. The van der Waals surface area contributed by atoms with Gasteiger partial charge in [0.25, 0.3) is 5.91 Å². The zero-order valence-electron chi connectivity index (χ0n) is 14.0. The lowest BCUT2D eigenvalue weighted by molar-refractivity contribution is 0.0763. The molecule has 0 saturated carbocycles. The highest BCUT2D eigenvalue weighted by atomic mass is 35.5. The Bertz CT molecular complexity index is 1080. The second-order valence-electron chi connectivity index (χ2n) is 5.80. The van der Waals surface area contributed by atoms with Crippen molar-refractivity contribution in [2.75, 3.05) is 7.05 Å². The average Bonchev–Trinajstić information content (AvgIpc) is 3.30. The fourth-order valence-electron chi connectivity index (χ4n) is 2.57. The molecule has 0 radical (unpaired) electrons. The van der Waals surface area contributed by atoms with Gasteiger partial charge in [-0.15, -0.1) is 11.3 Å². The number of hydrogen-bond donors (Lipinski definition) is 0. The second kappa shape index (κ2) is 6.54. The Morgan fingerprint density at radius 1 is 1.31 bits per heavy atom. The Labute approximate surface area is 157 Å². The van der Waals surface area contributed by atoms with Gasteiger partial charge in [-0.3, -0.25) is 9.20 Å². The molecular weight excluding hydrogens is 374 g/mol. The highest BCUT2D eigenvalue weighted by Crippen LogP contribution is 2.25. The van der Waals surface area contributed by atoms with Gasteiger partial charge in [0, 0.05) is 29.2 Å². The van der Waals surface area contributed by atoms with Crippen molar-refractivity contribution in [3.63, 3.8) is 0 Å². The summed E-state index contributed by atoms with van der Waals surface area (Å²) in [6.07, 6.45) is 1.85. The predicted octanol–water partition coefficient (Wildman–Crippen LogP) is 3.68. The Kier molecular flexibility index (Phi) is 4.21. The number of halogens is 1. The molecule has 0 unspecified atom stereocenters. The third-order valence-electron chi connectivity index (χ3n) is 3.86. The monoisotopic (exact) mass is 387 g/mol. The van der Waals surface area contributed by atoms with E-state index in [1.807, 2.05) is 30.5 Å². The second-order valence-corrected chi connectivity index (χ2v) is 7.08. The van der Waals surface area contributed by atoms with Crippen molar-refractivity contribution < 1.29 is 9.32 Å². The van der Waals surface area contributed by atoms with Crippen molar-refractivity contribution in [2.45, 2.75) is 13.5 Å². The van der Waals surface area contributed by atoms with Crippen LogP contribution in [0.4, 0.5) is 0 Å². The molecule has 0 fully saturated rings. The standard InChI is InChI=1S/C17H14ClN5O2S/c1-10-19-15(25-21-10)8-22(2)16(24)14-9-26-17-20-13(7-23(14)17)11-3-5-12(18)6-4-11/h3-7,9H,8H2,1-2H3. The Morgan fingerprint density at radius 3 is 2.77 bits per heavy atom. The molecule has 132 valence electrons. The fourth-order valence-corrected chi connectivity index (χ4v) is 3.55. The highest BCUT2D eigenvalue weighted by molar-refractivity contribution is 7.15. The number of fused-ring (bicyclic) bond motifs is 1. The molecule has 1 amide bonds. The van der Waals surface area contributed by atoms with E-state index in [2.05, 4.69) is 15.1 Å². The van der Waals surface area contributed by atoms with E-state index < -0.39 is 0 Å². The van der Waals surface area contributed by atoms with Crippen molar-refractivity contribution in [1.29, 1.82) is 0 Å². The summed E-state index contributed by atoms with van der Waals surface area (Å²) in [6.45, 7) is 1.98. The van der Waals surface area contributed by atoms with Gasteiger partial charge in [0.1, 0.15) is 12.2 Å². The molecule has 7 nitrogen and oxygen atoms in total. The van der Waals surface area contributed by atoms with E-state index in [0.29, 0.717) is 22.4 Å². The number of imidazole rings is 1. The molecule has 0 spiro atoms. The lowest BCUT2D eigenvalue weighted by atomic mass is 10.2. The number of nitrogens with zero attached hydrogens (tertiary/aromatic N) is 5. The molecule has 26 heavy (non-hydrogen) atoms. The molecule has 3 heterocycles.